The Morgan fingerprint density at radius 1 is 0.720 bits per heavy atom. The van der Waals surface area contributed by atoms with E-state index in [4.69, 9.17) is 0 Å². The van der Waals surface area contributed by atoms with E-state index in [-0.39, 0.29) is 16.6 Å². The average Bonchev–Trinajstić information content (AvgIpc) is 2.58. The zero-order valence-corrected chi connectivity index (χ0v) is 16.0. The van der Waals surface area contributed by atoms with E-state index in [0.717, 1.165) is 0 Å². The first-order valence-corrected chi connectivity index (χ1v) is 10.9. The van der Waals surface area contributed by atoms with E-state index in [0.29, 0.717) is 25.7 Å². The molecule has 1 N–H and O–H groups in total. The third kappa shape index (κ3) is 3.37. The maximum Gasteiger partial charge on any atom is 0.200 e. The number of halogens is 5. The van der Waals surface area contributed by atoms with Crippen molar-refractivity contribution in [1.82, 2.24) is 0 Å². The van der Waals surface area contributed by atoms with Gasteiger partial charge in [-0.1, -0.05) is 40.5 Å². The number of hydrogen-bond donors (Lipinski definition) is 1. The SMILES string of the molecule is CC(C)[Si](O)(C(C)C)C1CCC(c2c(F)c(F)c(F)c(F)c2F)CC1. The summed E-state index contributed by atoms with van der Waals surface area (Å²) in [5.41, 5.74) is -0.342. The highest BCUT2D eigenvalue weighted by Crippen LogP contribution is 2.50. The molecule has 25 heavy (non-hydrogen) atoms. The Bertz CT molecular complexity index is 602. The molecule has 2 rings (SSSR count). The molecular weight excluding hydrogens is 355 g/mol. The highest BCUT2D eigenvalue weighted by Gasteiger charge is 2.47. The monoisotopic (exact) mass is 380 g/mol. The van der Waals surface area contributed by atoms with Crippen molar-refractivity contribution in [3.05, 3.63) is 34.6 Å². The molecule has 1 saturated carbocycles. The molecule has 1 aromatic carbocycles. The second kappa shape index (κ2) is 7.35. The molecule has 0 unspecified atom stereocenters. The zero-order valence-electron chi connectivity index (χ0n) is 15.0. The van der Waals surface area contributed by atoms with Crippen LogP contribution in [-0.4, -0.2) is 13.1 Å². The van der Waals surface area contributed by atoms with Gasteiger partial charge in [0.15, 0.2) is 31.6 Å². The Balaban J connectivity index is 2.27. The van der Waals surface area contributed by atoms with Gasteiger partial charge >= 0.3 is 0 Å². The zero-order chi connectivity index (χ0) is 19.1. The maximum atomic E-state index is 14.0. The van der Waals surface area contributed by atoms with Gasteiger partial charge in [0.05, 0.1) is 0 Å². The third-order valence-electron chi connectivity index (χ3n) is 5.88. The highest BCUT2D eigenvalue weighted by atomic mass is 28.4. The summed E-state index contributed by atoms with van der Waals surface area (Å²) in [4.78, 5) is 11.2. The molecule has 1 aliphatic rings. The van der Waals surface area contributed by atoms with Crippen LogP contribution in [0.25, 0.3) is 0 Å². The molecule has 0 saturated heterocycles. The van der Waals surface area contributed by atoms with Crippen LogP contribution in [0.4, 0.5) is 22.0 Å². The second-order valence-electron chi connectivity index (χ2n) is 7.73. The summed E-state index contributed by atoms with van der Waals surface area (Å²) >= 11 is 0. The molecular formula is C18H25F5OSi. The van der Waals surface area contributed by atoms with E-state index in [1.807, 2.05) is 27.7 Å². The molecule has 142 valence electrons. The molecule has 0 aliphatic heterocycles. The molecule has 0 heterocycles. The quantitative estimate of drug-likeness (QED) is 0.287. The van der Waals surface area contributed by atoms with Crippen molar-refractivity contribution in [3.63, 3.8) is 0 Å². The van der Waals surface area contributed by atoms with Gasteiger partial charge in [-0.25, -0.2) is 22.0 Å². The topological polar surface area (TPSA) is 20.2 Å². The van der Waals surface area contributed by atoms with Crippen LogP contribution in [0.1, 0.15) is 64.9 Å². The van der Waals surface area contributed by atoms with E-state index in [9.17, 15) is 26.7 Å². The lowest BCUT2D eigenvalue weighted by atomic mass is 9.83. The van der Waals surface area contributed by atoms with E-state index in [2.05, 4.69) is 0 Å². The average molecular weight is 380 g/mol. The van der Waals surface area contributed by atoms with E-state index < -0.39 is 48.9 Å². The minimum Gasteiger partial charge on any atom is -0.431 e. The summed E-state index contributed by atoms with van der Waals surface area (Å²) in [5, 5.41) is 0. The van der Waals surface area contributed by atoms with Gasteiger partial charge in [-0.15, -0.1) is 0 Å². The first-order valence-electron chi connectivity index (χ1n) is 8.77. The largest absolute Gasteiger partial charge is 0.431 e. The standard InChI is InChI=1S/C18H25F5OSi/c1-9(2)25(24,10(3)4)12-7-5-11(6-8-12)13-14(19)16(21)18(23)17(22)15(13)20/h9-12,24H,5-8H2,1-4H3. The highest BCUT2D eigenvalue weighted by molar-refractivity contribution is 6.76. The minimum atomic E-state index is -2.59. The Morgan fingerprint density at radius 2 is 1.08 bits per heavy atom. The van der Waals surface area contributed by atoms with Crippen LogP contribution >= 0.6 is 0 Å². The van der Waals surface area contributed by atoms with Crippen LogP contribution in [-0.2, 0) is 0 Å². The molecule has 1 nitrogen and oxygen atoms in total. The molecule has 7 heteroatoms. The van der Waals surface area contributed by atoms with Gasteiger partial charge in [-0.2, -0.15) is 0 Å². The molecule has 0 aromatic heterocycles. The minimum absolute atomic E-state index is 0.0741. The van der Waals surface area contributed by atoms with Crippen molar-refractivity contribution < 1.29 is 26.7 Å². The first-order chi connectivity index (χ1) is 11.5. The maximum absolute atomic E-state index is 14.0. The Hall–Kier alpha value is -0.953. The van der Waals surface area contributed by atoms with Gasteiger partial charge in [0.2, 0.25) is 5.82 Å². The predicted molar refractivity (Wildman–Crippen MR) is 89.4 cm³/mol. The summed E-state index contributed by atoms with van der Waals surface area (Å²) in [6, 6.07) is 0. The molecule has 0 atom stereocenters. The fourth-order valence-electron chi connectivity index (χ4n) is 4.43. The second-order valence-corrected chi connectivity index (χ2v) is 12.6. The van der Waals surface area contributed by atoms with Gasteiger partial charge in [0, 0.05) is 5.56 Å². The fourth-order valence-corrected chi connectivity index (χ4v) is 8.91. The fraction of sp³-hybridized carbons (Fsp3) is 0.667. The van der Waals surface area contributed by atoms with Gasteiger partial charge in [0.1, 0.15) is 0 Å². The molecule has 0 bridgehead atoms. The molecule has 0 spiro atoms. The lowest BCUT2D eigenvalue weighted by Gasteiger charge is -2.43. The van der Waals surface area contributed by atoms with Gasteiger partial charge in [-0.3, -0.25) is 0 Å². The molecule has 1 aromatic rings. The van der Waals surface area contributed by atoms with Crippen LogP contribution in [0, 0.1) is 29.1 Å². The van der Waals surface area contributed by atoms with Crippen molar-refractivity contribution in [2.75, 3.05) is 0 Å². The summed E-state index contributed by atoms with van der Waals surface area (Å²) in [7, 11) is -2.59. The van der Waals surface area contributed by atoms with Crippen LogP contribution in [0.3, 0.4) is 0 Å². The number of benzene rings is 1. The Labute approximate surface area is 146 Å². The van der Waals surface area contributed by atoms with Crippen molar-refractivity contribution in [3.8, 4) is 0 Å². The first kappa shape index (κ1) is 20.4. The van der Waals surface area contributed by atoms with Gasteiger partial charge in [0.25, 0.3) is 0 Å². The Kier molecular flexibility index (Phi) is 5.98. The van der Waals surface area contributed by atoms with Crippen molar-refractivity contribution in [2.24, 2.45) is 0 Å². The van der Waals surface area contributed by atoms with Crippen LogP contribution < -0.4 is 0 Å². The summed E-state index contributed by atoms with van der Waals surface area (Å²) in [5.74, 6) is -10.0. The summed E-state index contributed by atoms with van der Waals surface area (Å²) in [6.45, 7) is 7.95. The normalized spacial score (nSPS) is 22.1. The van der Waals surface area contributed by atoms with E-state index in [1.54, 1.807) is 0 Å². The van der Waals surface area contributed by atoms with Gasteiger partial charge < -0.3 is 4.80 Å². The third-order valence-corrected chi connectivity index (χ3v) is 11.5. The number of hydrogen-bond acceptors (Lipinski definition) is 1. The smallest absolute Gasteiger partial charge is 0.200 e. The summed E-state index contributed by atoms with van der Waals surface area (Å²) in [6.07, 6.45) is 1.72. The van der Waals surface area contributed by atoms with Gasteiger partial charge in [-0.05, 0) is 35.4 Å². The molecule has 0 radical (unpaired) electrons. The van der Waals surface area contributed by atoms with E-state index >= 15 is 0 Å². The lowest BCUT2D eigenvalue weighted by Crippen LogP contribution is -2.47. The van der Waals surface area contributed by atoms with Crippen molar-refractivity contribution in [2.45, 2.75) is 75.9 Å². The molecule has 1 fully saturated rings. The Morgan fingerprint density at radius 3 is 1.44 bits per heavy atom. The molecule has 0 amide bonds. The van der Waals surface area contributed by atoms with Crippen molar-refractivity contribution >= 4 is 8.32 Å². The van der Waals surface area contributed by atoms with Crippen LogP contribution in [0.5, 0.6) is 0 Å². The number of rotatable bonds is 4. The van der Waals surface area contributed by atoms with Crippen molar-refractivity contribution in [1.29, 1.82) is 0 Å². The molecule has 1 aliphatic carbocycles. The predicted octanol–water partition coefficient (Wildman–Crippen LogP) is 6.17. The van der Waals surface area contributed by atoms with E-state index in [1.165, 1.54) is 0 Å². The lowest BCUT2D eigenvalue weighted by molar-refractivity contribution is 0.335. The van der Waals surface area contributed by atoms with Crippen LogP contribution in [0.15, 0.2) is 0 Å². The summed E-state index contributed by atoms with van der Waals surface area (Å²) < 4.78 is 68.1. The van der Waals surface area contributed by atoms with Crippen LogP contribution in [0.2, 0.25) is 16.6 Å².